The molecule has 2 aromatic rings. The molecule has 3 N–H and O–H groups in total. The number of rotatable bonds is 7. The van der Waals surface area contributed by atoms with E-state index in [0.29, 0.717) is 31.3 Å². The number of furan rings is 1. The third-order valence-electron chi connectivity index (χ3n) is 7.66. The second-order valence-corrected chi connectivity index (χ2v) is 10.1. The number of nitrogens with one attached hydrogen (secondary N) is 1. The number of aliphatic hydroxyl groups is 1. The van der Waals surface area contributed by atoms with Crippen molar-refractivity contribution in [2.75, 3.05) is 39.3 Å². The van der Waals surface area contributed by atoms with Crippen molar-refractivity contribution in [1.82, 2.24) is 20.0 Å². The highest BCUT2D eigenvalue weighted by molar-refractivity contribution is 5.96. The third-order valence-corrected chi connectivity index (χ3v) is 7.66. The summed E-state index contributed by atoms with van der Waals surface area (Å²) in [7, 11) is 0. The van der Waals surface area contributed by atoms with E-state index in [2.05, 4.69) is 10.2 Å². The summed E-state index contributed by atoms with van der Waals surface area (Å²) in [5.74, 6) is 0.377. The van der Waals surface area contributed by atoms with E-state index in [1.165, 1.54) is 11.2 Å². The lowest BCUT2D eigenvalue weighted by atomic mass is 10.0. The number of carbonyl (C=O) groups excluding carboxylic acids is 2. The van der Waals surface area contributed by atoms with Crippen LogP contribution in [0.4, 0.5) is 4.79 Å². The molecule has 3 fully saturated rings. The molecule has 36 heavy (non-hydrogen) atoms. The van der Waals surface area contributed by atoms with Crippen molar-refractivity contribution in [1.29, 1.82) is 0 Å². The monoisotopic (exact) mass is 496 g/mol. The maximum absolute atomic E-state index is 13.4. The second-order valence-electron chi connectivity index (χ2n) is 10.1. The zero-order valence-electron chi connectivity index (χ0n) is 20.0. The first-order valence-corrected chi connectivity index (χ1v) is 12.5. The molecule has 0 aliphatic carbocycles. The average Bonchev–Trinajstić information content (AvgIpc) is 3.65. The van der Waals surface area contributed by atoms with E-state index >= 15 is 0 Å². The number of carboxylic acid groups (broad SMARTS) is 1. The Bertz CT molecular complexity index is 1060. The molecule has 10 nitrogen and oxygen atoms in total. The summed E-state index contributed by atoms with van der Waals surface area (Å²) < 4.78 is 5.22. The van der Waals surface area contributed by atoms with E-state index in [-0.39, 0.29) is 36.6 Å². The molecular formula is C26H32N4O6. The molecule has 1 aromatic heterocycles. The van der Waals surface area contributed by atoms with Gasteiger partial charge in [0.05, 0.1) is 18.4 Å². The average molecular weight is 497 g/mol. The van der Waals surface area contributed by atoms with Crippen LogP contribution in [0.3, 0.4) is 0 Å². The van der Waals surface area contributed by atoms with Crippen LogP contribution in [0, 0.1) is 11.8 Å². The van der Waals surface area contributed by atoms with Crippen LogP contribution in [0.25, 0.3) is 0 Å². The van der Waals surface area contributed by atoms with Crippen LogP contribution in [0.1, 0.15) is 35.0 Å². The predicted octanol–water partition coefficient (Wildman–Crippen LogP) is 1.64. The number of hydrogen-bond acceptors (Lipinski definition) is 6. The Kier molecular flexibility index (Phi) is 6.97. The van der Waals surface area contributed by atoms with Crippen LogP contribution in [0.5, 0.6) is 0 Å². The smallest absolute Gasteiger partial charge is 0.405 e. The molecule has 3 aliphatic heterocycles. The summed E-state index contributed by atoms with van der Waals surface area (Å²) in [4.78, 5) is 43.1. The molecule has 5 rings (SSSR count). The quantitative estimate of drug-likeness (QED) is 0.532. The van der Waals surface area contributed by atoms with Gasteiger partial charge in [0, 0.05) is 45.7 Å². The van der Waals surface area contributed by atoms with Gasteiger partial charge in [-0.3, -0.25) is 9.59 Å². The normalized spacial score (nSPS) is 26.7. The Hall–Kier alpha value is -3.37. The SMILES string of the molecule is O=C(O)NC(CCN1CC2CN(C(=O)C3C[C@H](O)CN3C(=O)c3ccco3)CC2C1)c1ccccc1. The van der Waals surface area contributed by atoms with E-state index in [4.69, 9.17) is 4.42 Å². The van der Waals surface area contributed by atoms with Crippen molar-refractivity contribution in [3.05, 3.63) is 60.1 Å². The van der Waals surface area contributed by atoms with Crippen molar-refractivity contribution < 1.29 is 29.0 Å². The molecule has 4 heterocycles. The lowest BCUT2D eigenvalue weighted by molar-refractivity contribution is -0.134. The summed E-state index contributed by atoms with van der Waals surface area (Å²) in [6.45, 7) is 3.85. The fraction of sp³-hybridized carbons (Fsp3) is 0.500. The number of fused-ring (bicyclic) bond motifs is 1. The van der Waals surface area contributed by atoms with Crippen LogP contribution in [0.2, 0.25) is 0 Å². The molecule has 0 saturated carbocycles. The lowest BCUT2D eigenvalue weighted by Gasteiger charge is -2.28. The first-order chi connectivity index (χ1) is 17.4. The van der Waals surface area contributed by atoms with Gasteiger partial charge in [0.1, 0.15) is 6.04 Å². The highest BCUT2D eigenvalue weighted by atomic mass is 16.4. The van der Waals surface area contributed by atoms with Crippen LogP contribution in [-0.4, -0.2) is 94.2 Å². The number of β-amino-alcohol motifs (C(OH)–C–C–N with tert-alkyl or cyclic N) is 1. The van der Waals surface area contributed by atoms with Gasteiger partial charge >= 0.3 is 6.09 Å². The Morgan fingerprint density at radius 3 is 2.36 bits per heavy atom. The molecule has 4 unspecified atom stereocenters. The molecule has 1 aromatic carbocycles. The molecule has 3 amide bonds. The van der Waals surface area contributed by atoms with Crippen molar-refractivity contribution in [3.63, 3.8) is 0 Å². The van der Waals surface area contributed by atoms with E-state index in [1.807, 2.05) is 35.2 Å². The maximum Gasteiger partial charge on any atom is 0.405 e. The number of likely N-dealkylation sites (tertiary alicyclic amines) is 3. The van der Waals surface area contributed by atoms with Gasteiger partial charge in [0.25, 0.3) is 5.91 Å². The third kappa shape index (κ3) is 5.10. The van der Waals surface area contributed by atoms with Gasteiger partial charge in [0.2, 0.25) is 5.91 Å². The number of carbonyl (C=O) groups is 3. The number of nitrogens with zero attached hydrogens (tertiary/aromatic N) is 3. The van der Waals surface area contributed by atoms with Crippen LogP contribution < -0.4 is 5.32 Å². The zero-order chi connectivity index (χ0) is 25.2. The van der Waals surface area contributed by atoms with E-state index < -0.39 is 18.2 Å². The highest BCUT2D eigenvalue weighted by Crippen LogP contribution is 2.33. The summed E-state index contributed by atoms with van der Waals surface area (Å²) in [5.41, 5.74) is 0.948. The molecule has 5 atom stereocenters. The molecule has 0 spiro atoms. The fourth-order valence-corrected chi connectivity index (χ4v) is 5.95. The minimum atomic E-state index is -1.03. The Balaban J connectivity index is 1.15. The minimum absolute atomic E-state index is 0.109. The topological polar surface area (TPSA) is 127 Å². The summed E-state index contributed by atoms with van der Waals surface area (Å²) in [6.07, 6.45) is 0.562. The van der Waals surface area contributed by atoms with Crippen molar-refractivity contribution >= 4 is 17.9 Å². The molecule has 0 bridgehead atoms. The number of amides is 3. The van der Waals surface area contributed by atoms with E-state index in [0.717, 1.165) is 25.2 Å². The summed E-state index contributed by atoms with van der Waals surface area (Å²) in [5, 5.41) is 22.1. The first-order valence-electron chi connectivity index (χ1n) is 12.5. The Labute approximate surface area is 209 Å². The van der Waals surface area contributed by atoms with Gasteiger partial charge in [-0.15, -0.1) is 0 Å². The van der Waals surface area contributed by atoms with Crippen molar-refractivity contribution in [2.24, 2.45) is 11.8 Å². The number of hydrogen-bond donors (Lipinski definition) is 3. The largest absolute Gasteiger partial charge is 0.465 e. The van der Waals surface area contributed by atoms with Gasteiger partial charge < -0.3 is 34.6 Å². The van der Waals surface area contributed by atoms with Gasteiger partial charge in [0.15, 0.2) is 5.76 Å². The maximum atomic E-state index is 13.4. The van der Waals surface area contributed by atoms with Gasteiger partial charge in [-0.05, 0) is 36.0 Å². The summed E-state index contributed by atoms with van der Waals surface area (Å²) >= 11 is 0. The minimum Gasteiger partial charge on any atom is -0.465 e. The van der Waals surface area contributed by atoms with Crippen molar-refractivity contribution in [3.8, 4) is 0 Å². The molecular weight excluding hydrogens is 464 g/mol. The molecule has 3 saturated heterocycles. The van der Waals surface area contributed by atoms with E-state index in [1.54, 1.807) is 12.1 Å². The molecule has 10 heteroatoms. The lowest BCUT2D eigenvalue weighted by Crippen LogP contribution is -2.47. The number of benzene rings is 1. The molecule has 192 valence electrons. The van der Waals surface area contributed by atoms with E-state index in [9.17, 15) is 24.6 Å². The van der Waals surface area contributed by atoms with Crippen LogP contribution in [0.15, 0.2) is 53.1 Å². The molecule has 0 radical (unpaired) electrons. The second kappa shape index (κ2) is 10.3. The fourth-order valence-electron chi connectivity index (χ4n) is 5.95. The zero-order valence-corrected chi connectivity index (χ0v) is 20.0. The van der Waals surface area contributed by atoms with Crippen molar-refractivity contribution in [2.45, 2.75) is 31.0 Å². The Morgan fingerprint density at radius 2 is 1.72 bits per heavy atom. The Morgan fingerprint density at radius 1 is 1.00 bits per heavy atom. The van der Waals surface area contributed by atoms with Gasteiger partial charge in [-0.1, -0.05) is 30.3 Å². The standard InChI is InChI=1S/C26H32N4O6/c31-20-11-22(30(16-20)25(33)23-7-4-10-36-23)24(32)29-14-18-12-28(13-19(18)15-29)9-8-21(27-26(34)35)17-5-2-1-3-6-17/h1-7,10,18-22,27,31H,8-9,11-16H2,(H,34,35)/t18?,19?,20-,21?,22?/m0/s1. The van der Waals surface area contributed by atoms with Crippen LogP contribution in [-0.2, 0) is 4.79 Å². The predicted molar refractivity (Wildman–Crippen MR) is 129 cm³/mol. The number of aliphatic hydroxyl groups excluding tert-OH is 1. The van der Waals surface area contributed by atoms with Crippen LogP contribution >= 0.6 is 0 Å². The van der Waals surface area contributed by atoms with Gasteiger partial charge in [-0.2, -0.15) is 0 Å². The molecule has 3 aliphatic rings. The summed E-state index contributed by atoms with van der Waals surface area (Å²) in [6, 6.07) is 11.8. The van der Waals surface area contributed by atoms with Gasteiger partial charge in [-0.25, -0.2) is 4.79 Å². The highest BCUT2D eigenvalue weighted by Gasteiger charge is 2.47. The first kappa shape index (κ1) is 24.3.